The molecule has 108 valence electrons. The van der Waals surface area contributed by atoms with Crippen molar-refractivity contribution < 1.29 is 4.39 Å². The van der Waals surface area contributed by atoms with E-state index >= 15 is 0 Å². The Morgan fingerprint density at radius 1 is 1.24 bits per heavy atom. The van der Waals surface area contributed by atoms with Crippen molar-refractivity contribution in [1.29, 1.82) is 0 Å². The van der Waals surface area contributed by atoms with E-state index in [1.165, 1.54) is 21.2 Å². The maximum absolute atomic E-state index is 13.2. The van der Waals surface area contributed by atoms with Crippen molar-refractivity contribution >= 4 is 5.65 Å². The second kappa shape index (κ2) is 5.49. The Labute approximate surface area is 120 Å². The first kappa shape index (κ1) is 13.5. The van der Waals surface area contributed by atoms with Gasteiger partial charge in [-0.3, -0.25) is 9.30 Å². The van der Waals surface area contributed by atoms with Crippen molar-refractivity contribution in [3.8, 4) is 0 Å². The van der Waals surface area contributed by atoms with E-state index in [2.05, 4.69) is 5.10 Å². The Kier molecular flexibility index (Phi) is 3.53. The van der Waals surface area contributed by atoms with Gasteiger partial charge in [0.15, 0.2) is 5.65 Å². The maximum atomic E-state index is 13.2. The van der Waals surface area contributed by atoms with E-state index in [4.69, 9.17) is 0 Å². The SMILES string of the molecule is CN(Cc1cccc(F)c1)Cn1nc2ccccn2c1=O. The monoisotopic (exact) mass is 286 g/mol. The summed E-state index contributed by atoms with van der Waals surface area (Å²) in [6.07, 6.45) is 1.69. The van der Waals surface area contributed by atoms with Crippen LogP contribution in [0.2, 0.25) is 0 Å². The number of halogens is 1. The summed E-state index contributed by atoms with van der Waals surface area (Å²) in [6, 6.07) is 11.8. The molecular weight excluding hydrogens is 271 g/mol. The van der Waals surface area contributed by atoms with E-state index < -0.39 is 0 Å². The molecule has 0 spiro atoms. The third-order valence-corrected chi connectivity index (χ3v) is 3.21. The van der Waals surface area contributed by atoms with Crippen LogP contribution >= 0.6 is 0 Å². The smallest absolute Gasteiger partial charge is 0.283 e. The van der Waals surface area contributed by atoms with Crippen molar-refractivity contribution in [2.45, 2.75) is 13.2 Å². The molecule has 0 saturated carbocycles. The zero-order valence-electron chi connectivity index (χ0n) is 11.6. The molecule has 0 aliphatic heterocycles. The predicted octanol–water partition coefficient (Wildman–Crippen LogP) is 1.72. The highest BCUT2D eigenvalue weighted by Gasteiger charge is 2.08. The van der Waals surface area contributed by atoms with E-state index in [0.717, 1.165) is 5.56 Å². The lowest BCUT2D eigenvalue weighted by molar-refractivity contribution is 0.242. The van der Waals surface area contributed by atoms with Gasteiger partial charge in [0.1, 0.15) is 5.82 Å². The fourth-order valence-electron chi connectivity index (χ4n) is 2.29. The highest BCUT2D eigenvalue weighted by molar-refractivity contribution is 5.35. The minimum atomic E-state index is -0.259. The molecule has 0 N–H and O–H groups in total. The van der Waals surface area contributed by atoms with E-state index in [-0.39, 0.29) is 11.5 Å². The van der Waals surface area contributed by atoms with E-state index in [1.807, 2.05) is 24.1 Å². The summed E-state index contributed by atoms with van der Waals surface area (Å²) < 4.78 is 16.1. The van der Waals surface area contributed by atoms with Crippen LogP contribution in [0.1, 0.15) is 5.56 Å². The third-order valence-electron chi connectivity index (χ3n) is 3.21. The van der Waals surface area contributed by atoms with Crippen molar-refractivity contribution in [3.05, 3.63) is 70.5 Å². The fourth-order valence-corrected chi connectivity index (χ4v) is 2.29. The molecule has 2 aromatic heterocycles. The number of hydrogen-bond donors (Lipinski definition) is 0. The maximum Gasteiger partial charge on any atom is 0.351 e. The zero-order chi connectivity index (χ0) is 14.8. The van der Waals surface area contributed by atoms with Crippen LogP contribution in [0.4, 0.5) is 4.39 Å². The van der Waals surface area contributed by atoms with Crippen LogP contribution in [0.3, 0.4) is 0 Å². The summed E-state index contributed by atoms with van der Waals surface area (Å²) in [4.78, 5) is 14.1. The molecule has 0 bridgehead atoms. The molecule has 0 atom stereocenters. The summed E-state index contributed by atoms with van der Waals surface area (Å²) >= 11 is 0. The number of rotatable bonds is 4. The molecule has 0 saturated heterocycles. The fraction of sp³-hybridized carbons (Fsp3) is 0.200. The van der Waals surface area contributed by atoms with Gasteiger partial charge in [-0.05, 0) is 36.9 Å². The van der Waals surface area contributed by atoms with Gasteiger partial charge in [-0.25, -0.2) is 9.18 Å². The minimum absolute atomic E-state index is 0.184. The third kappa shape index (κ3) is 2.85. The minimum Gasteiger partial charge on any atom is -0.283 e. The zero-order valence-corrected chi connectivity index (χ0v) is 11.6. The Balaban J connectivity index is 1.78. The molecule has 0 fully saturated rings. The van der Waals surface area contributed by atoms with Crippen LogP contribution in [0.15, 0.2) is 53.5 Å². The predicted molar refractivity (Wildman–Crippen MR) is 77.3 cm³/mol. The van der Waals surface area contributed by atoms with Gasteiger partial charge in [0.2, 0.25) is 0 Å². The molecule has 5 nitrogen and oxygen atoms in total. The highest BCUT2D eigenvalue weighted by atomic mass is 19.1. The van der Waals surface area contributed by atoms with Gasteiger partial charge in [-0.1, -0.05) is 18.2 Å². The Hall–Kier alpha value is -2.47. The van der Waals surface area contributed by atoms with Crippen molar-refractivity contribution in [1.82, 2.24) is 19.1 Å². The van der Waals surface area contributed by atoms with E-state index in [0.29, 0.717) is 18.9 Å². The molecule has 0 aliphatic carbocycles. The van der Waals surface area contributed by atoms with Gasteiger partial charge in [-0.2, -0.15) is 4.68 Å². The molecule has 0 radical (unpaired) electrons. The van der Waals surface area contributed by atoms with Crippen LogP contribution in [-0.4, -0.2) is 26.1 Å². The molecule has 0 unspecified atom stereocenters. The normalized spacial score (nSPS) is 11.4. The Morgan fingerprint density at radius 2 is 2.10 bits per heavy atom. The van der Waals surface area contributed by atoms with Crippen LogP contribution in [0, 0.1) is 5.82 Å². The average Bonchev–Trinajstić information content (AvgIpc) is 2.76. The molecule has 3 aromatic rings. The molecule has 3 rings (SSSR count). The van der Waals surface area contributed by atoms with Gasteiger partial charge < -0.3 is 0 Å². The van der Waals surface area contributed by atoms with Crippen molar-refractivity contribution in [2.75, 3.05) is 7.05 Å². The first-order chi connectivity index (χ1) is 10.1. The van der Waals surface area contributed by atoms with Crippen LogP contribution in [0.5, 0.6) is 0 Å². The second-order valence-electron chi connectivity index (χ2n) is 5.00. The molecule has 2 heterocycles. The summed E-state index contributed by atoms with van der Waals surface area (Å²) in [5.41, 5.74) is 1.28. The average molecular weight is 286 g/mol. The van der Waals surface area contributed by atoms with Gasteiger partial charge in [0.25, 0.3) is 0 Å². The van der Waals surface area contributed by atoms with Crippen molar-refractivity contribution in [2.24, 2.45) is 0 Å². The number of aromatic nitrogens is 3. The van der Waals surface area contributed by atoms with E-state index in [9.17, 15) is 9.18 Å². The van der Waals surface area contributed by atoms with Crippen LogP contribution < -0.4 is 5.69 Å². The number of pyridine rings is 1. The van der Waals surface area contributed by atoms with Crippen LogP contribution in [0.25, 0.3) is 5.65 Å². The highest BCUT2D eigenvalue weighted by Crippen LogP contribution is 2.06. The lowest BCUT2D eigenvalue weighted by Crippen LogP contribution is -2.30. The summed E-state index contributed by atoms with van der Waals surface area (Å²) in [6.45, 7) is 0.884. The number of hydrogen-bond acceptors (Lipinski definition) is 3. The van der Waals surface area contributed by atoms with Gasteiger partial charge in [0.05, 0.1) is 6.67 Å². The molecule has 1 aromatic carbocycles. The largest absolute Gasteiger partial charge is 0.351 e. The Morgan fingerprint density at radius 3 is 2.86 bits per heavy atom. The summed E-state index contributed by atoms with van der Waals surface area (Å²) in [5, 5.41) is 4.26. The lowest BCUT2D eigenvalue weighted by atomic mass is 10.2. The Bertz CT molecular complexity index is 824. The van der Waals surface area contributed by atoms with Gasteiger partial charge in [0, 0.05) is 12.7 Å². The number of nitrogens with zero attached hydrogens (tertiary/aromatic N) is 4. The van der Waals surface area contributed by atoms with Crippen molar-refractivity contribution in [3.63, 3.8) is 0 Å². The molecule has 21 heavy (non-hydrogen) atoms. The van der Waals surface area contributed by atoms with Gasteiger partial charge in [-0.15, -0.1) is 5.10 Å². The first-order valence-electron chi connectivity index (χ1n) is 6.61. The molecule has 0 aliphatic rings. The molecule has 6 heteroatoms. The number of fused-ring (bicyclic) bond motifs is 1. The van der Waals surface area contributed by atoms with E-state index in [1.54, 1.807) is 24.4 Å². The molecular formula is C15H15FN4O. The standard InChI is InChI=1S/C15H15FN4O/c1-18(10-12-5-4-6-13(16)9-12)11-20-15(21)19-8-3-2-7-14(19)17-20/h2-9H,10-11H2,1H3. The molecule has 0 amide bonds. The lowest BCUT2D eigenvalue weighted by Gasteiger charge is -2.15. The second-order valence-corrected chi connectivity index (χ2v) is 5.00. The number of benzene rings is 1. The summed E-state index contributed by atoms with van der Waals surface area (Å²) in [7, 11) is 1.86. The quantitative estimate of drug-likeness (QED) is 0.733. The topological polar surface area (TPSA) is 42.5 Å². The summed E-state index contributed by atoms with van der Waals surface area (Å²) in [5.74, 6) is -0.259. The van der Waals surface area contributed by atoms with Gasteiger partial charge >= 0.3 is 5.69 Å². The first-order valence-corrected chi connectivity index (χ1v) is 6.61. The van der Waals surface area contributed by atoms with Crippen LogP contribution in [-0.2, 0) is 13.2 Å².